The van der Waals surface area contributed by atoms with E-state index in [1.807, 2.05) is 0 Å². The fourth-order valence-corrected chi connectivity index (χ4v) is 3.28. The van der Waals surface area contributed by atoms with Gasteiger partial charge in [-0.25, -0.2) is 9.07 Å². The van der Waals surface area contributed by atoms with Crippen molar-refractivity contribution >= 4 is 11.9 Å². The molecule has 1 aromatic carbocycles. The molecule has 1 aromatic heterocycles. The van der Waals surface area contributed by atoms with Crippen molar-refractivity contribution < 1.29 is 19.1 Å². The van der Waals surface area contributed by atoms with Crippen LogP contribution in [0.2, 0.25) is 0 Å². The van der Waals surface area contributed by atoms with Crippen LogP contribution in [0.15, 0.2) is 24.3 Å². The van der Waals surface area contributed by atoms with E-state index in [1.54, 1.807) is 24.0 Å². The molecule has 138 valence electrons. The number of amides is 1. The van der Waals surface area contributed by atoms with Crippen LogP contribution in [-0.4, -0.2) is 55.2 Å². The summed E-state index contributed by atoms with van der Waals surface area (Å²) in [6, 6.07) is 5.28. The number of aliphatic carboxylic acids is 1. The van der Waals surface area contributed by atoms with Crippen LogP contribution in [0.4, 0.5) is 4.39 Å². The third-order valence-electron chi connectivity index (χ3n) is 4.64. The summed E-state index contributed by atoms with van der Waals surface area (Å²) < 4.78 is 14.9. The van der Waals surface area contributed by atoms with Gasteiger partial charge in [-0.05, 0) is 47.9 Å². The van der Waals surface area contributed by atoms with Gasteiger partial charge in [0.25, 0.3) is 0 Å². The molecule has 2 atom stereocenters. The van der Waals surface area contributed by atoms with Gasteiger partial charge in [0, 0.05) is 19.5 Å². The van der Waals surface area contributed by atoms with Crippen molar-refractivity contribution in [2.24, 2.45) is 5.92 Å². The Labute approximate surface area is 149 Å². The highest BCUT2D eigenvalue weighted by Gasteiger charge is 2.33. The normalized spacial score (nSPS) is 18.5. The first kappa shape index (κ1) is 18.0. The van der Waals surface area contributed by atoms with E-state index in [0.29, 0.717) is 30.8 Å². The number of likely N-dealkylation sites (tertiary alicyclic amines) is 1. The second-order valence-corrected chi connectivity index (χ2v) is 6.48. The second kappa shape index (κ2) is 7.59. The van der Waals surface area contributed by atoms with Gasteiger partial charge >= 0.3 is 5.97 Å². The van der Waals surface area contributed by atoms with Crippen molar-refractivity contribution in [1.29, 1.82) is 0 Å². The van der Waals surface area contributed by atoms with Gasteiger partial charge in [-0.1, -0.05) is 12.1 Å². The predicted octanol–water partition coefficient (Wildman–Crippen LogP) is 1.23. The molecule has 1 amide bonds. The molecule has 1 N–H and O–H groups in total. The standard InChI is InChI=1S/C17H20FN5O3/c1-11-19-20-21-23(11)15(9-12-4-2-6-14(18)8-12)16(24)22-7-3-5-13(10-22)17(25)26/h2,4,6,8,13,15H,3,5,7,9-10H2,1H3,(H,25,26)/t13-,15?/m0/s1. The fraction of sp³-hybridized carbons (Fsp3) is 0.471. The molecule has 26 heavy (non-hydrogen) atoms. The topological polar surface area (TPSA) is 101 Å². The molecule has 0 radical (unpaired) electrons. The number of hydrogen-bond donors (Lipinski definition) is 1. The monoisotopic (exact) mass is 361 g/mol. The maximum Gasteiger partial charge on any atom is 0.308 e. The quantitative estimate of drug-likeness (QED) is 0.859. The largest absolute Gasteiger partial charge is 0.481 e. The highest BCUT2D eigenvalue weighted by molar-refractivity contribution is 5.82. The molecular weight excluding hydrogens is 341 g/mol. The van der Waals surface area contributed by atoms with Crippen LogP contribution in [-0.2, 0) is 16.0 Å². The second-order valence-electron chi connectivity index (χ2n) is 6.48. The van der Waals surface area contributed by atoms with E-state index in [-0.39, 0.29) is 24.7 Å². The van der Waals surface area contributed by atoms with Gasteiger partial charge in [0.2, 0.25) is 5.91 Å². The van der Waals surface area contributed by atoms with Crippen molar-refractivity contribution in [3.63, 3.8) is 0 Å². The minimum absolute atomic E-state index is 0.162. The van der Waals surface area contributed by atoms with Crippen LogP contribution in [0.3, 0.4) is 0 Å². The molecule has 0 saturated carbocycles. The molecule has 3 rings (SSSR count). The van der Waals surface area contributed by atoms with Gasteiger partial charge in [0.05, 0.1) is 5.92 Å². The molecule has 2 heterocycles. The summed E-state index contributed by atoms with van der Waals surface area (Å²) in [5.74, 6) is -1.64. The lowest BCUT2D eigenvalue weighted by Crippen LogP contribution is -2.46. The first-order valence-electron chi connectivity index (χ1n) is 8.46. The Morgan fingerprint density at radius 3 is 2.88 bits per heavy atom. The summed E-state index contributed by atoms with van der Waals surface area (Å²) in [5.41, 5.74) is 0.644. The van der Waals surface area contributed by atoms with Crippen molar-refractivity contribution in [3.8, 4) is 0 Å². The van der Waals surface area contributed by atoms with Gasteiger partial charge in [0.1, 0.15) is 17.7 Å². The number of aryl methyl sites for hydroxylation is 1. The Morgan fingerprint density at radius 2 is 2.23 bits per heavy atom. The summed E-state index contributed by atoms with van der Waals surface area (Å²) in [7, 11) is 0. The van der Waals surface area contributed by atoms with E-state index in [0.717, 1.165) is 0 Å². The number of carboxylic acids is 1. The lowest BCUT2D eigenvalue weighted by atomic mass is 9.96. The molecule has 8 nitrogen and oxygen atoms in total. The van der Waals surface area contributed by atoms with Crippen LogP contribution in [0.1, 0.15) is 30.3 Å². The number of piperidine rings is 1. The molecule has 0 bridgehead atoms. The molecule has 1 aliphatic rings. The Bertz CT molecular complexity index is 809. The van der Waals surface area contributed by atoms with E-state index < -0.39 is 17.9 Å². The van der Waals surface area contributed by atoms with Gasteiger partial charge in [-0.3, -0.25) is 9.59 Å². The third-order valence-corrected chi connectivity index (χ3v) is 4.64. The van der Waals surface area contributed by atoms with Crippen molar-refractivity contribution in [2.45, 2.75) is 32.2 Å². The number of tetrazole rings is 1. The first-order chi connectivity index (χ1) is 12.5. The summed E-state index contributed by atoms with van der Waals surface area (Å²) >= 11 is 0. The molecular formula is C17H20FN5O3. The summed E-state index contributed by atoms with van der Waals surface area (Å²) in [6.45, 7) is 2.33. The Balaban J connectivity index is 1.86. The van der Waals surface area contributed by atoms with E-state index in [1.165, 1.54) is 16.8 Å². The zero-order chi connectivity index (χ0) is 18.7. The zero-order valence-corrected chi connectivity index (χ0v) is 14.4. The van der Waals surface area contributed by atoms with E-state index in [9.17, 15) is 19.1 Å². The highest BCUT2D eigenvalue weighted by Crippen LogP contribution is 2.23. The smallest absolute Gasteiger partial charge is 0.308 e. The zero-order valence-electron chi connectivity index (χ0n) is 14.4. The number of carbonyl (C=O) groups is 2. The fourth-order valence-electron chi connectivity index (χ4n) is 3.28. The average molecular weight is 361 g/mol. The van der Waals surface area contributed by atoms with Gasteiger partial charge in [-0.2, -0.15) is 0 Å². The van der Waals surface area contributed by atoms with E-state index in [4.69, 9.17) is 0 Å². The lowest BCUT2D eigenvalue weighted by molar-refractivity contribution is -0.146. The van der Waals surface area contributed by atoms with Gasteiger partial charge in [-0.15, -0.1) is 5.10 Å². The number of carboxylic acid groups (broad SMARTS) is 1. The molecule has 2 aromatic rings. The number of benzene rings is 1. The van der Waals surface area contributed by atoms with E-state index >= 15 is 0 Å². The Morgan fingerprint density at radius 1 is 1.42 bits per heavy atom. The highest BCUT2D eigenvalue weighted by atomic mass is 19.1. The Hall–Kier alpha value is -2.84. The molecule has 9 heteroatoms. The van der Waals surface area contributed by atoms with Gasteiger partial charge in [0.15, 0.2) is 0 Å². The van der Waals surface area contributed by atoms with Crippen molar-refractivity contribution in [1.82, 2.24) is 25.1 Å². The lowest BCUT2D eigenvalue weighted by Gasteiger charge is -2.33. The van der Waals surface area contributed by atoms with Gasteiger partial charge < -0.3 is 10.0 Å². The Kier molecular flexibility index (Phi) is 5.24. The number of nitrogens with zero attached hydrogens (tertiary/aromatic N) is 5. The van der Waals surface area contributed by atoms with Crippen LogP contribution in [0.25, 0.3) is 0 Å². The average Bonchev–Trinajstić information content (AvgIpc) is 3.05. The van der Waals surface area contributed by atoms with Crippen molar-refractivity contribution in [3.05, 3.63) is 41.5 Å². The summed E-state index contributed by atoms with van der Waals surface area (Å²) in [4.78, 5) is 26.0. The van der Waals surface area contributed by atoms with Crippen LogP contribution < -0.4 is 0 Å². The summed E-state index contributed by atoms with van der Waals surface area (Å²) in [6.07, 6.45) is 1.40. The van der Waals surface area contributed by atoms with Crippen LogP contribution in [0.5, 0.6) is 0 Å². The first-order valence-corrected chi connectivity index (χ1v) is 8.46. The SMILES string of the molecule is Cc1nnnn1C(Cc1cccc(F)c1)C(=O)N1CCC[C@H](C(=O)O)C1. The maximum absolute atomic E-state index is 13.5. The number of carbonyl (C=O) groups excluding carboxylic acids is 1. The number of hydrogen-bond acceptors (Lipinski definition) is 5. The molecule has 1 unspecified atom stereocenters. The molecule has 0 aliphatic carbocycles. The predicted molar refractivity (Wildman–Crippen MR) is 88.6 cm³/mol. The maximum atomic E-state index is 13.5. The number of halogens is 1. The van der Waals surface area contributed by atoms with Crippen LogP contribution in [0, 0.1) is 18.7 Å². The number of aromatic nitrogens is 4. The minimum Gasteiger partial charge on any atom is -0.481 e. The molecule has 1 fully saturated rings. The van der Waals surface area contributed by atoms with Crippen molar-refractivity contribution in [2.75, 3.05) is 13.1 Å². The number of rotatable bonds is 5. The van der Waals surface area contributed by atoms with Crippen LogP contribution >= 0.6 is 0 Å². The van der Waals surface area contributed by atoms with E-state index in [2.05, 4.69) is 15.5 Å². The molecule has 0 spiro atoms. The molecule has 1 aliphatic heterocycles. The molecule has 1 saturated heterocycles. The minimum atomic E-state index is -0.900. The third kappa shape index (κ3) is 3.87. The summed E-state index contributed by atoms with van der Waals surface area (Å²) in [5, 5.41) is 20.6.